The van der Waals surface area contributed by atoms with Crippen LogP contribution >= 0.6 is 11.8 Å². The van der Waals surface area contributed by atoms with Gasteiger partial charge in [-0.15, -0.1) is 11.8 Å². The van der Waals surface area contributed by atoms with Crippen molar-refractivity contribution in [1.29, 1.82) is 0 Å². The molecule has 18 heavy (non-hydrogen) atoms. The molecule has 0 bridgehead atoms. The van der Waals surface area contributed by atoms with E-state index in [2.05, 4.69) is 46.1 Å². The maximum absolute atomic E-state index is 3.52. The van der Waals surface area contributed by atoms with Crippen LogP contribution in [0.5, 0.6) is 0 Å². The Bertz CT molecular complexity index is 333. The van der Waals surface area contributed by atoms with E-state index >= 15 is 0 Å². The molecule has 0 unspecified atom stereocenters. The summed E-state index contributed by atoms with van der Waals surface area (Å²) in [6.07, 6.45) is 2.11. The average Bonchev–Trinajstić information content (AvgIpc) is 2.45. The minimum Gasteiger partial charge on any atom is -0.314 e. The number of hydrogen-bond acceptors (Lipinski definition) is 4. The summed E-state index contributed by atoms with van der Waals surface area (Å²) in [6, 6.07) is 8.81. The van der Waals surface area contributed by atoms with E-state index in [1.165, 1.54) is 23.5 Å². The lowest BCUT2D eigenvalue weighted by Gasteiger charge is -2.27. The maximum atomic E-state index is 3.52. The summed E-state index contributed by atoms with van der Waals surface area (Å²) < 4.78 is 0. The standard InChI is InChI=1S/C14H23N3S/c1-18-14-4-2-13(3-5-14)12-16-8-11-17-9-6-15-7-10-17/h2-5,15-16H,6-12H2,1H3. The van der Waals surface area contributed by atoms with Crippen molar-refractivity contribution in [2.75, 3.05) is 45.5 Å². The van der Waals surface area contributed by atoms with Crippen molar-refractivity contribution in [3.8, 4) is 0 Å². The summed E-state index contributed by atoms with van der Waals surface area (Å²) in [5, 5.41) is 6.90. The molecule has 0 spiro atoms. The Balaban J connectivity index is 1.62. The van der Waals surface area contributed by atoms with Gasteiger partial charge in [0, 0.05) is 50.7 Å². The average molecular weight is 265 g/mol. The largest absolute Gasteiger partial charge is 0.314 e. The van der Waals surface area contributed by atoms with Crippen LogP contribution in [0.4, 0.5) is 0 Å². The summed E-state index contributed by atoms with van der Waals surface area (Å²) >= 11 is 1.79. The molecule has 1 aliphatic rings. The number of piperazine rings is 1. The lowest BCUT2D eigenvalue weighted by molar-refractivity contribution is 0.241. The molecule has 3 nitrogen and oxygen atoms in total. The molecule has 1 aromatic rings. The monoisotopic (exact) mass is 265 g/mol. The van der Waals surface area contributed by atoms with Crippen LogP contribution in [0.1, 0.15) is 5.56 Å². The molecule has 100 valence electrons. The van der Waals surface area contributed by atoms with Gasteiger partial charge in [0.15, 0.2) is 0 Å². The molecule has 4 heteroatoms. The molecule has 0 amide bonds. The second-order valence-electron chi connectivity index (χ2n) is 4.62. The van der Waals surface area contributed by atoms with Gasteiger partial charge in [-0.1, -0.05) is 12.1 Å². The van der Waals surface area contributed by atoms with Crippen LogP contribution < -0.4 is 10.6 Å². The second kappa shape index (κ2) is 7.79. The highest BCUT2D eigenvalue weighted by molar-refractivity contribution is 7.98. The fourth-order valence-electron chi connectivity index (χ4n) is 2.15. The number of hydrogen-bond donors (Lipinski definition) is 2. The van der Waals surface area contributed by atoms with Crippen LogP contribution in [0.15, 0.2) is 29.2 Å². The van der Waals surface area contributed by atoms with Gasteiger partial charge in [-0.05, 0) is 24.0 Å². The molecule has 1 saturated heterocycles. The highest BCUT2D eigenvalue weighted by Gasteiger charge is 2.07. The molecule has 0 atom stereocenters. The third-order valence-corrected chi connectivity index (χ3v) is 4.05. The zero-order valence-corrected chi connectivity index (χ0v) is 11.9. The van der Waals surface area contributed by atoms with Gasteiger partial charge in [0.1, 0.15) is 0 Å². The normalized spacial score (nSPS) is 16.9. The summed E-state index contributed by atoms with van der Waals surface area (Å²) in [5.74, 6) is 0. The lowest BCUT2D eigenvalue weighted by atomic mass is 10.2. The van der Waals surface area contributed by atoms with Crippen LogP contribution in [-0.2, 0) is 6.54 Å². The number of rotatable bonds is 6. The number of benzene rings is 1. The van der Waals surface area contributed by atoms with Crippen molar-refractivity contribution in [1.82, 2.24) is 15.5 Å². The molecule has 2 rings (SSSR count). The van der Waals surface area contributed by atoms with E-state index < -0.39 is 0 Å². The van der Waals surface area contributed by atoms with E-state index in [4.69, 9.17) is 0 Å². The number of nitrogens with one attached hydrogen (secondary N) is 2. The molecular formula is C14H23N3S. The third kappa shape index (κ3) is 4.61. The van der Waals surface area contributed by atoms with Crippen LogP contribution in [0.25, 0.3) is 0 Å². The minimum absolute atomic E-state index is 0.973. The first-order valence-corrected chi connectivity index (χ1v) is 7.87. The van der Waals surface area contributed by atoms with Gasteiger partial charge in [0.05, 0.1) is 0 Å². The van der Waals surface area contributed by atoms with E-state index in [1.54, 1.807) is 11.8 Å². The molecule has 1 heterocycles. The smallest absolute Gasteiger partial charge is 0.0206 e. The Morgan fingerprint density at radius 1 is 1.22 bits per heavy atom. The molecule has 1 aliphatic heterocycles. The van der Waals surface area contributed by atoms with E-state index in [0.717, 1.165) is 32.7 Å². The van der Waals surface area contributed by atoms with Crippen LogP contribution in [0.3, 0.4) is 0 Å². The van der Waals surface area contributed by atoms with Crippen molar-refractivity contribution in [2.24, 2.45) is 0 Å². The molecule has 0 radical (unpaired) electrons. The summed E-state index contributed by atoms with van der Waals surface area (Å²) in [6.45, 7) is 7.84. The van der Waals surface area contributed by atoms with Gasteiger partial charge in [-0.25, -0.2) is 0 Å². The van der Waals surface area contributed by atoms with Gasteiger partial charge in [0.2, 0.25) is 0 Å². The number of nitrogens with zero attached hydrogens (tertiary/aromatic N) is 1. The molecule has 0 aliphatic carbocycles. The predicted octanol–water partition coefficient (Wildman–Crippen LogP) is 1.40. The van der Waals surface area contributed by atoms with Gasteiger partial charge >= 0.3 is 0 Å². The quantitative estimate of drug-likeness (QED) is 0.601. The highest BCUT2D eigenvalue weighted by Crippen LogP contribution is 2.14. The summed E-state index contributed by atoms with van der Waals surface area (Å²) in [7, 11) is 0. The first kappa shape index (κ1) is 13.9. The fraction of sp³-hybridized carbons (Fsp3) is 0.571. The first-order valence-electron chi connectivity index (χ1n) is 6.65. The van der Waals surface area contributed by atoms with E-state index in [-0.39, 0.29) is 0 Å². The van der Waals surface area contributed by atoms with Gasteiger partial charge < -0.3 is 10.6 Å². The number of thioether (sulfide) groups is 1. The minimum atomic E-state index is 0.973. The highest BCUT2D eigenvalue weighted by atomic mass is 32.2. The first-order chi connectivity index (χ1) is 8.88. The molecule has 0 aromatic heterocycles. The molecule has 0 saturated carbocycles. The van der Waals surface area contributed by atoms with Crippen LogP contribution in [0, 0.1) is 0 Å². The van der Waals surface area contributed by atoms with Gasteiger partial charge in [-0.2, -0.15) is 0 Å². The van der Waals surface area contributed by atoms with Crippen molar-refractivity contribution in [2.45, 2.75) is 11.4 Å². The zero-order chi connectivity index (χ0) is 12.6. The Morgan fingerprint density at radius 2 is 1.94 bits per heavy atom. The Kier molecular flexibility index (Phi) is 6.00. The van der Waals surface area contributed by atoms with Gasteiger partial charge in [-0.3, -0.25) is 4.90 Å². The lowest BCUT2D eigenvalue weighted by Crippen LogP contribution is -2.45. The van der Waals surface area contributed by atoms with E-state index in [1.807, 2.05) is 0 Å². The molecular weight excluding hydrogens is 242 g/mol. The Labute approximate surface area is 114 Å². The predicted molar refractivity (Wildman–Crippen MR) is 79.2 cm³/mol. The fourth-order valence-corrected chi connectivity index (χ4v) is 2.56. The molecule has 2 N–H and O–H groups in total. The second-order valence-corrected chi connectivity index (χ2v) is 5.50. The van der Waals surface area contributed by atoms with Crippen LogP contribution in [0.2, 0.25) is 0 Å². The van der Waals surface area contributed by atoms with Crippen molar-refractivity contribution >= 4 is 11.8 Å². The zero-order valence-electron chi connectivity index (χ0n) is 11.1. The third-order valence-electron chi connectivity index (χ3n) is 3.30. The Hall–Kier alpha value is -0.550. The van der Waals surface area contributed by atoms with Crippen molar-refractivity contribution in [3.05, 3.63) is 29.8 Å². The summed E-state index contributed by atoms with van der Waals surface area (Å²) in [5.41, 5.74) is 1.37. The SMILES string of the molecule is CSc1ccc(CNCCN2CCNCC2)cc1. The van der Waals surface area contributed by atoms with Gasteiger partial charge in [0.25, 0.3) is 0 Å². The topological polar surface area (TPSA) is 27.3 Å². The Morgan fingerprint density at radius 3 is 2.61 bits per heavy atom. The van der Waals surface area contributed by atoms with Crippen molar-refractivity contribution < 1.29 is 0 Å². The van der Waals surface area contributed by atoms with Crippen molar-refractivity contribution in [3.63, 3.8) is 0 Å². The van der Waals surface area contributed by atoms with Crippen LogP contribution in [-0.4, -0.2) is 50.4 Å². The molecule has 1 aromatic carbocycles. The summed E-state index contributed by atoms with van der Waals surface area (Å²) in [4.78, 5) is 3.85. The molecule has 1 fully saturated rings. The van der Waals surface area contributed by atoms with E-state index in [9.17, 15) is 0 Å². The van der Waals surface area contributed by atoms with E-state index in [0.29, 0.717) is 0 Å². The maximum Gasteiger partial charge on any atom is 0.0206 e.